The largest absolute Gasteiger partial charge is 0.467 e. The van der Waals surface area contributed by atoms with Gasteiger partial charge in [0, 0.05) is 13.2 Å². The number of carbonyl (C=O) groups excluding carboxylic acids is 1. The van der Waals surface area contributed by atoms with E-state index in [0.717, 1.165) is 0 Å². The molecular formula is C11H13N3O3. The molecule has 2 aromatic rings. The summed E-state index contributed by atoms with van der Waals surface area (Å²) in [5, 5.41) is 16.2. The Kier molecular flexibility index (Phi) is 3.24. The number of aliphatic hydroxyl groups is 1. The minimum absolute atomic E-state index is 0.0985. The monoisotopic (exact) mass is 235 g/mol. The third-order valence-corrected chi connectivity index (χ3v) is 2.29. The van der Waals surface area contributed by atoms with Crippen LogP contribution in [0.4, 0.5) is 0 Å². The molecule has 0 aliphatic heterocycles. The van der Waals surface area contributed by atoms with Crippen molar-refractivity contribution >= 4 is 5.91 Å². The zero-order valence-corrected chi connectivity index (χ0v) is 9.33. The molecule has 0 saturated heterocycles. The molecule has 90 valence electrons. The Labute approximate surface area is 97.9 Å². The maximum absolute atomic E-state index is 11.6. The van der Waals surface area contributed by atoms with Crippen molar-refractivity contribution in [2.45, 2.75) is 6.10 Å². The summed E-state index contributed by atoms with van der Waals surface area (Å²) in [5.41, 5.74) is 0.458. The topological polar surface area (TPSA) is 80.3 Å². The van der Waals surface area contributed by atoms with Gasteiger partial charge in [-0.1, -0.05) is 0 Å². The molecule has 0 fully saturated rings. The van der Waals surface area contributed by atoms with Crippen molar-refractivity contribution < 1.29 is 14.3 Å². The second kappa shape index (κ2) is 4.84. The first-order valence-corrected chi connectivity index (χ1v) is 5.15. The molecule has 0 radical (unpaired) electrons. The number of amides is 1. The molecular weight excluding hydrogens is 222 g/mol. The summed E-state index contributed by atoms with van der Waals surface area (Å²) in [6.07, 6.45) is 3.70. The Hall–Kier alpha value is -2.08. The average Bonchev–Trinajstić information content (AvgIpc) is 2.95. The van der Waals surface area contributed by atoms with Crippen LogP contribution in [0.15, 0.2) is 35.2 Å². The first-order valence-electron chi connectivity index (χ1n) is 5.15. The number of hydrogen-bond donors (Lipinski definition) is 2. The number of rotatable bonds is 4. The van der Waals surface area contributed by atoms with Crippen LogP contribution in [-0.4, -0.2) is 27.3 Å². The molecule has 0 bridgehead atoms. The zero-order valence-electron chi connectivity index (χ0n) is 9.33. The molecule has 0 saturated carbocycles. The van der Waals surface area contributed by atoms with Crippen LogP contribution in [0.2, 0.25) is 0 Å². The molecule has 17 heavy (non-hydrogen) atoms. The maximum atomic E-state index is 11.6. The maximum Gasteiger partial charge on any atom is 0.254 e. The molecule has 2 N–H and O–H groups in total. The molecule has 1 unspecified atom stereocenters. The predicted octanol–water partition coefficient (Wildman–Crippen LogP) is 0.477. The molecule has 6 nitrogen and oxygen atoms in total. The summed E-state index contributed by atoms with van der Waals surface area (Å²) in [5.74, 6) is 0.153. The van der Waals surface area contributed by atoms with Crippen molar-refractivity contribution in [1.29, 1.82) is 0 Å². The van der Waals surface area contributed by atoms with Crippen LogP contribution in [0, 0.1) is 0 Å². The Morgan fingerprint density at radius 3 is 3.12 bits per heavy atom. The fourth-order valence-corrected chi connectivity index (χ4v) is 1.41. The van der Waals surface area contributed by atoms with Crippen molar-refractivity contribution in [3.05, 3.63) is 42.1 Å². The number of nitrogens with zero attached hydrogens (tertiary/aromatic N) is 2. The third-order valence-electron chi connectivity index (χ3n) is 2.29. The molecule has 0 aromatic carbocycles. The first kappa shape index (κ1) is 11.4. The SMILES string of the molecule is Cn1cc(C(=O)NCC(O)c2ccco2)cn1. The normalized spacial score (nSPS) is 12.4. The Morgan fingerprint density at radius 1 is 1.71 bits per heavy atom. The van der Waals surface area contributed by atoms with Crippen LogP contribution in [-0.2, 0) is 7.05 Å². The van der Waals surface area contributed by atoms with Crippen molar-refractivity contribution in [1.82, 2.24) is 15.1 Å². The van der Waals surface area contributed by atoms with Gasteiger partial charge in [0.25, 0.3) is 5.91 Å². The van der Waals surface area contributed by atoms with Gasteiger partial charge in [0.1, 0.15) is 11.9 Å². The van der Waals surface area contributed by atoms with Gasteiger partial charge < -0.3 is 14.8 Å². The number of aromatic nitrogens is 2. The third kappa shape index (κ3) is 2.73. The summed E-state index contributed by atoms with van der Waals surface area (Å²) in [6.45, 7) is 0.0985. The molecule has 1 atom stereocenters. The Bertz CT molecular complexity index is 490. The van der Waals surface area contributed by atoms with Crippen LogP contribution in [0.1, 0.15) is 22.2 Å². The summed E-state index contributed by atoms with van der Waals surface area (Å²) in [7, 11) is 1.73. The lowest BCUT2D eigenvalue weighted by molar-refractivity contribution is 0.0901. The van der Waals surface area contributed by atoms with Gasteiger partial charge in [0.05, 0.1) is 24.6 Å². The highest BCUT2D eigenvalue weighted by molar-refractivity contribution is 5.93. The summed E-state index contributed by atoms with van der Waals surface area (Å²) >= 11 is 0. The molecule has 0 spiro atoms. The average molecular weight is 235 g/mol. The van der Waals surface area contributed by atoms with Crippen LogP contribution < -0.4 is 5.32 Å². The number of aryl methyl sites for hydroxylation is 1. The van der Waals surface area contributed by atoms with Gasteiger partial charge in [0.15, 0.2) is 0 Å². The van der Waals surface area contributed by atoms with E-state index in [1.165, 1.54) is 17.1 Å². The van der Waals surface area contributed by atoms with E-state index in [1.54, 1.807) is 25.4 Å². The van der Waals surface area contributed by atoms with E-state index < -0.39 is 6.10 Å². The molecule has 6 heteroatoms. The number of carbonyl (C=O) groups is 1. The lowest BCUT2D eigenvalue weighted by Crippen LogP contribution is -2.27. The molecule has 2 rings (SSSR count). The van der Waals surface area contributed by atoms with Crippen LogP contribution in [0.25, 0.3) is 0 Å². The smallest absolute Gasteiger partial charge is 0.254 e. The van der Waals surface area contributed by atoms with Gasteiger partial charge in [-0.25, -0.2) is 0 Å². The van der Waals surface area contributed by atoms with E-state index in [9.17, 15) is 9.90 Å². The van der Waals surface area contributed by atoms with E-state index in [-0.39, 0.29) is 12.5 Å². The summed E-state index contributed by atoms with van der Waals surface area (Å²) < 4.78 is 6.56. The van der Waals surface area contributed by atoms with Crippen molar-refractivity contribution in [2.75, 3.05) is 6.54 Å². The van der Waals surface area contributed by atoms with Crippen LogP contribution in [0.3, 0.4) is 0 Å². The van der Waals surface area contributed by atoms with Gasteiger partial charge in [-0.15, -0.1) is 0 Å². The number of hydrogen-bond acceptors (Lipinski definition) is 4. The van der Waals surface area contributed by atoms with Gasteiger partial charge >= 0.3 is 0 Å². The number of nitrogens with one attached hydrogen (secondary N) is 1. The van der Waals surface area contributed by atoms with Crippen molar-refractivity contribution in [3.8, 4) is 0 Å². The fourth-order valence-electron chi connectivity index (χ4n) is 1.41. The first-order chi connectivity index (χ1) is 8.16. The minimum atomic E-state index is -0.842. The fraction of sp³-hybridized carbons (Fsp3) is 0.273. The highest BCUT2D eigenvalue weighted by atomic mass is 16.4. The lowest BCUT2D eigenvalue weighted by Gasteiger charge is -2.08. The van der Waals surface area contributed by atoms with E-state index in [0.29, 0.717) is 11.3 Å². The lowest BCUT2D eigenvalue weighted by atomic mass is 10.2. The molecule has 2 heterocycles. The van der Waals surface area contributed by atoms with Gasteiger partial charge in [-0.2, -0.15) is 5.10 Å². The second-order valence-corrected chi connectivity index (χ2v) is 3.64. The molecule has 1 amide bonds. The van der Waals surface area contributed by atoms with Crippen LogP contribution in [0.5, 0.6) is 0 Å². The summed E-state index contributed by atoms with van der Waals surface area (Å²) in [4.78, 5) is 11.6. The van der Waals surface area contributed by atoms with Crippen molar-refractivity contribution in [2.24, 2.45) is 7.05 Å². The van der Waals surface area contributed by atoms with Crippen LogP contribution >= 0.6 is 0 Å². The van der Waals surface area contributed by atoms with Gasteiger partial charge in [-0.3, -0.25) is 9.48 Å². The van der Waals surface area contributed by atoms with E-state index >= 15 is 0 Å². The van der Waals surface area contributed by atoms with E-state index in [2.05, 4.69) is 10.4 Å². The molecule has 0 aliphatic carbocycles. The van der Waals surface area contributed by atoms with Gasteiger partial charge in [0.2, 0.25) is 0 Å². The standard InChI is InChI=1S/C11H13N3O3/c1-14-7-8(5-13-14)11(16)12-6-9(15)10-3-2-4-17-10/h2-5,7,9,15H,6H2,1H3,(H,12,16). The predicted molar refractivity (Wildman–Crippen MR) is 59.2 cm³/mol. The minimum Gasteiger partial charge on any atom is -0.467 e. The summed E-state index contributed by atoms with van der Waals surface area (Å²) in [6, 6.07) is 3.34. The van der Waals surface area contributed by atoms with Crippen molar-refractivity contribution in [3.63, 3.8) is 0 Å². The quantitative estimate of drug-likeness (QED) is 0.807. The number of furan rings is 1. The Morgan fingerprint density at radius 2 is 2.53 bits per heavy atom. The van der Waals surface area contributed by atoms with E-state index in [4.69, 9.17) is 4.42 Å². The highest BCUT2D eigenvalue weighted by Gasteiger charge is 2.13. The molecule has 0 aliphatic rings. The number of aliphatic hydroxyl groups excluding tert-OH is 1. The molecule has 2 aromatic heterocycles. The highest BCUT2D eigenvalue weighted by Crippen LogP contribution is 2.11. The second-order valence-electron chi connectivity index (χ2n) is 3.64. The zero-order chi connectivity index (χ0) is 12.3. The van der Waals surface area contributed by atoms with E-state index in [1.807, 2.05) is 0 Å². The Balaban J connectivity index is 1.88. The van der Waals surface area contributed by atoms with Gasteiger partial charge in [-0.05, 0) is 12.1 Å².